The Morgan fingerprint density at radius 3 is 2.66 bits per heavy atom. The van der Waals surface area contributed by atoms with E-state index < -0.39 is 0 Å². The zero-order valence-corrected chi connectivity index (χ0v) is 16.9. The molecule has 0 radical (unpaired) electrons. The van der Waals surface area contributed by atoms with Crippen molar-refractivity contribution in [2.45, 2.75) is 0 Å². The van der Waals surface area contributed by atoms with Crippen LogP contribution in [0.4, 0.5) is 5.82 Å². The molecule has 3 aromatic carbocycles. The third kappa shape index (κ3) is 4.31. The number of aromatic nitrogens is 2. The summed E-state index contributed by atoms with van der Waals surface area (Å²) in [5.41, 5.74) is 5.40. The van der Waals surface area contributed by atoms with Gasteiger partial charge in [0.2, 0.25) is 0 Å². The first-order chi connectivity index (χ1) is 14.1. The van der Waals surface area contributed by atoms with Crippen LogP contribution in [0.3, 0.4) is 0 Å². The van der Waals surface area contributed by atoms with Crippen LogP contribution >= 0.6 is 23.2 Å². The van der Waals surface area contributed by atoms with Gasteiger partial charge >= 0.3 is 0 Å². The van der Waals surface area contributed by atoms with E-state index >= 15 is 0 Å². The van der Waals surface area contributed by atoms with Crippen LogP contribution in [0, 0.1) is 0 Å². The van der Waals surface area contributed by atoms with Gasteiger partial charge in [-0.1, -0.05) is 47.5 Å². The summed E-state index contributed by atoms with van der Waals surface area (Å²) in [6.45, 7) is 0. The number of hydrazone groups is 1. The van der Waals surface area contributed by atoms with Gasteiger partial charge in [0.25, 0.3) is 0 Å². The van der Waals surface area contributed by atoms with Gasteiger partial charge in [0, 0.05) is 16.0 Å². The summed E-state index contributed by atoms with van der Waals surface area (Å²) in [6.07, 6.45) is 1.70. The minimum absolute atomic E-state index is 0.485. The highest BCUT2D eigenvalue weighted by molar-refractivity contribution is 6.36. The molecule has 144 valence electrons. The van der Waals surface area contributed by atoms with Gasteiger partial charge in [-0.2, -0.15) is 5.10 Å². The Morgan fingerprint density at radius 1 is 0.966 bits per heavy atom. The van der Waals surface area contributed by atoms with Crippen molar-refractivity contribution in [1.29, 1.82) is 0 Å². The molecule has 0 atom stereocenters. The first kappa shape index (κ1) is 19.2. The quantitative estimate of drug-likeness (QED) is 0.313. The smallest absolute Gasteiger partial charge is 0.163 e. The number of hydrogen-bond acceptors (Lipinski definition) is 5. The predicted octanol–water partition coefficient (Wildman–Crippen LogP) is 6.06. The number of benzene rings is 3. The summed E-state index contributed by atoms with van der Waals surface area (Å²) in [5.74, 6) is 1.83. The lowest BCUT2D eigenvalue weighted by molar-refractivity contribution is 0.415. The van der Waals surface area contributed by atoms with Crippen molar-refractivity contribution in [1.82, 2.24) is 9.97 Å². The van der Waals surface area contributed by atoms with Gasteiger partial charge in [0.05, 0.1) is 23.9 Å². The lowest BCUT2D eigenvalue weighted by Gasteiger charge is -2.09. The Bertz CT molecular complexity index is 1210. The van der Waals surface area contributed by atoms with Crippen LogP contribution in [-0.4, -0.2) is 23.3 Å². The van der Waals surface area contributed by atoms with E-state index in [2.05, 4.69) is 20.5 Å². The van der Waals surface area contributed by atoms with Crippen molar-refractivity contribution >= 4 is 46.1 Å². The van der Waals surface area contributed by atoms with E-state index in [0.717, 1.165) is 22.2 Å². The molecule has 0 saturated carbocycles. The number of nitrogens with one attached hydrogen (secondary N) is 1. The molecule has 0 unspecified atom stereocenters. The number of halogens is 2. The maximum atomic E-state index is 6.35. The summed E-state index contributed by atoms with van der Waals surface area (Å²) in [4.78, 5) is 9.28. The van der Waals surface area contributed by atoms with Crippen LogP contribution in [0.5, 0.6) is 5.75 Å². The standard InChI is InChI=1S/C22H16Cl2N4O/c1-29-16-6-4-5-14(11-16)13-25-28-22-18-7-2-3-8-20(18)26-21(27-22)17-10-9-15(23)12-19(17)24/h2-13H,1H3,(H,26,27,28)/b25-13+. The summed E-state index contributed by atoms with van der Waals surface area (Å²) in [7, 11) is 1.63. The molecular formula is C22H16Cl2N4O. The lowest BCUT2D eigenvalue weighted by Crippen LogP contribution is -1.99. The fraction of sp³-hybridized carbons (Fsp3) is 0.0455. The third-order valence-corrected chi connectivity index (χ3v) is 4.80. The van der Waals surface area contributed by atoms with E-state index in [1.54, 1.807) is 31.5 Å². The third-order valence-electron chi connectivity index (χ3n) is 4.25. The van der Waals surface area contributed by atoms with Crippen LogP contribution in [0.15, 0.2) is 71.8 Å². The minimum Gasteiger partial charge on any atom is -0.497 e. The highest BCUT2D eigenvalue weighted by Gasteiger charge is 2.12. The van der Waals surface area contributed by atoms with Crippen molar-refractivity contribution in [3.05, 3.63) is 82.3 Å². The molecule has 0 saturated heterocycles. The molecule has 5 nitrogen and oxygen atoms in total. The van der Waals surface area contributed by atoms with Crippen molar-refractivity contribution in [3.8, 4) is 17.1 Å². The lowest BCUT2D eigenvalue weighted by atomic mass is 10.2. The maximum Gasteiger partial charge on any atom is 0.163 e. The van der Waals surface area contributed by atoms with Crippen molar-refractivity contribution in [3.63, 3.8) is 0 Å². The second-order valence-corrected chi connectivity index (χ2v) is 7.03. The van der Waals surface area contributed by atoms with E-state index in [1.807, 2.05) is 48.5 Å². The van der Waals surface area contributed by atoms with Crippen LogP contribution < -0.4 is 10.2 Å². The fourth-order valence-electron chi connectivity index (χ4n) is 2.84. The monoisotopic (exact) mass is 422 g/mol. The highest BCUT2D eigenvalue weighted by atomic mass is 35.5. The average Bonchev–Trinajstić information content (AvgIpc) is 2.74. The predicted molar refractivity (Wildman–Crippen MR) is 119 cm³/mol. The maximum absolute atomic E-state index is 6.35. The Balaban J connectivity index is 1.72. The SMILES string of the molecule is COc1cccc(/C=N/Nc2nc(-c3ccc(Cl)cc3Cl)nc3ccccc23)c1. The Morgan fingerprint density at radius 2 is 1.83 bits per heavy atom. The molecule has 29 heavy (non-hydrogen) atoms. The highest BCUT2D eigenvalue weighted by Crippen LogP contribution is 2.31. The normalized spacial score (nSPS) is 11.1. The number of para-hydroxylation sites is 1. The molecule has 1 aromatic heterocycles. The van der Waals surface area contributed by atoms with Gasteiger partial charge in [-0.15, -0.1) is 0 Å². The van der Waals surface area contributed by atoms with Crippen LogP contribution in [0.2, 0.25) is 10.0 Å². The molecule has 0 aliphatic rings. The molecule has 7 heteroatoms. The Kier molecular flexibility index (Phi) is 5.60. The van der Waals surface area contributed by atoms with Crippen LogP contribution in [0.1, 0.15) is 5.56 Å². The molecule has 0 aliphatic heterocycles. The second kappa shape index (κ2) is 8.47. The number of nitrogens with zero attached hydrogens (tertiary/aromatic N) is 3. The van der Waals surface area contributed by atoms with Gasteiger partial charge < -0.3 is 4.74 Å². The molecule has 0 fully saturated rings. The molecule has 1 heterocycles. The van der Waals surface area contributed by atoms with E-state index in [4.69, 9.17) is 27.9 Å². The average molecular weight is 423 g/mol. The van der Waals surface area contributed by atoms with Crippen molar-refractivity contribution in [2.24, 2.45) is 5.10 Å². The molecule has 0 amide bonds. The largest absolute Gasteiger partial charge is 0.497 e. The minimum atomic E-state index is 0.485. The summed E-state index contributed by atoms with van der Waals surface area (Å²) in [6, 6.07) is 20.5. The second-order valence-electron chi connectivity index (χ2n) is 6.18. The van der Waals surface area contributed by atoms with E-state index in [1.165, 1.54) is 0 Å². The van der Waals surface area contributed by atoms with Gasteiger partial charge in [-0.25, -0.2) is 9.97 Å². The van der Waals surface area contributed by atoms with Crippen LogP contribution in [0.25, 0.3) is 22.3 Å². The Labute approximate surface area is 178 Å². The number of hydrogen-bond donors (Lipinski definition) is 1. The van der Waals surface area contributed by atoms with Crippen LogP contribution in [-0.2, 0) is 0 Å². The molecule has 4 rings (SSSR count). The number of fused-ring (bicyclic) bond motifs is 1. The molecule has 0 bridgehead atoms. The zero-order valence-electron chi connectivity index (χ0n) is 15.4. The van der Waals surface area contributed by atoms with E-state index in [0.29, 0.717) is 27.3 Å². The van der Waals surface area contributed by atoms with Crippen molar-refractivity contribution < 1.29 is 4.74 Å². The van der Waals surface area contributed by atoms with Crippen molar-refractivity contribution in [2.75, 3.05) is 12.5 Å². The molecule has 0 aliphatic carbocycles. The zero-order chi connectivity index (χ0) is 20.2. The first-order valence-electron chi connectivity index (χ1n) is 8.79. The topological polar surface area (TPSA) is 59.4 Å². The molecule has 4 aromatic rings. The number of rotatable bonds is 5. The molecule has 0 spiro atoms. The molecule has 1 N–H and O–H groups in total. The summed E-state index contributed by atoms with van der Waals surface area (Å²) >= 11 is 12.4. The van der Waals surface area contributed by atoms with Gasteiger partial charge in [-0.05, 0) is 48.0 Å². The Hall–Kier alpha value is -3.15. The van der Waals surface area contributed by atoms with Gasteiger partial charge in [0.1, 0.15) is 5.75 Å². The number of methoxy groups -OCH3 is 1. The van der Waals surface area contributed by atoms with E-state index in [-0.39, 0.29) is 0 Å². The van der Waals surface area contributed by atoms with Gasteiger partial charge in [-0.3, -0.25) is 5.43 Å². The first-order valence-corrected chi connectivity index (χ1v) is 9.55. The van der Waals surface area contributed by atoms with E-state index in [9.17, 15) is 0 Å². The van der Waals surface area contributed by atoms with Gasteiger partial charge in [0.15, 0.2) is 11.6 Å². The summed E-state index contributed by atoms with van der Waals surface area (Å²) in [5, 5.41) is 6.23. The fourth-order valence-corrected chi connectivity index (χ4v) is 3.34. The number of anilines is 1. The molecular weight excluding hydrogens is 407 g/mol. The summed E-state index contributed by atoms with van der Waals surface area (Å²) < 4.78 is 5.24. The number of ether oxygens (including phenoxy) is 1.